The van der Waals surface area contributed by atoms with Crippen LogP contribution < -0.4 is 11.1 Å². The van der Waals surface area contributed by atoms with E-state index in [4.69, 9.17) is 5.73 Å². The lowest BCUT2D eigenvalue weighted by Gasteiger charge is -2.16. The van der Waals surface area contributed by atoms with Gasteiger partial charge in [-0.15, -0.1) is 11.3 Å². The van der Waals surface area contributed by atoms with Crippen LogP contribution in [-0.4, -0.2) is 17.4 Å². The van der Waals surface area contributed by atoms with Crippen LogP contribution in [0.3, 0.4) is 0 Å². The second kappa shape index (κ2) is 4.93. The van der Waals surface area contributed by atoms with Crippen molar-refractivity contribution in [3.63, 3.8) is 0 Å². The van der Waals surface area contributed by atoms with Crippen molar-refractivity contribution in [2.24, 2.45) is 17.6 Å². The summed E-state index contributed by atoms with van der Waals surface area (Å²) in [6, 6.07) is 0. The second-order valence-electron chi connectivity index (χ2n) is 4.30. The van der Waals surface area contributed by atoms with E-state index in [-0.39, 0.29) is 11.8 Å². The fourth-order valence-electron chi connectivity index (χ4n) is 2.27. The Morgan fingerprint density at radius 1 is 1.69 bits per heavy atom. The predicted octanol–water partition coefficient (Wildman–Crippen LogP) is 1.77. The Labute approximate surface area is 99.3 Å². The van der Waals surface area contributed by atoms with Gasteiger partial charge < -0.3 is 11.1 Å². The zero-order chi connectivity index (χ0) is 11.5. The molecular formula is C11H17N3OS. The average Bonchev–Trinajstić information content (AvgIpc) is 2.86. The van der Waals surface area contributed by atoms with Crippen LogP contribution in [0.4, 0.5) is 5.13 Å². The van der Waals surface area contributed by atoms with Crippen LogP contribution in [0.25, 0.3) is 0 Å². The molecule has 3 N–H and O–H groups in total. The molecule has 1 amide bonds. The molecule has 2 rings (SSSR count). The Kier molecular flexibility index (Phi) is 3.56. The van der Waals surface area contributed by atoms with Gasteiger partial charge in [-0.1, -0.05) is 6.42 Å². The molecule has 5 heteroatoms. The van der Waals surface area contributed by atoms with Gasteiger partial charge in [0.2, 0.25) is 5.91 Å². The van der Waals surface area contributed by atoms with Crippen LogP contribution in [0.5, 0.6) is 0 Å². The minimum atomic E-state index is 0.0780. The molecule has 0 saturated heterocycles. The van der Waals surface area contributed by atoms with Gasteiger partial charge in [-0.2, -0.15) is 0 Å². The number of hydrogen-bond acceptors (Lipinski definition) is 4. The molecule has 0 aromatic carbocycles. The van der Waals surface area contributed by atoms with Gasteiger partial charge in [0.05, 0.1) is 0 Å². The summed E-state index contributed by atoms with van der Waals surface area (Å²) in [4.78, 5) is 17.2. The van der Waals surface area contributed by atoms with E-state index in [0.717, 1.165) is 24.1 Å². The molecule has 16 heavy (non-hydrogen) atoms. The smallest absolute Gasteiger partial charge is 0.229 e. The van der Waals surface area contributed by atoms with Gasteiger partial charge in [0.1, 0.15) is 0 Å². The zero-order valence-electron chi connectivity index (χ0n) is 9.40. The van der Waals surface area contributed by atoms with E-state index in [1.54, 1.807) is 6.20 Å². The minimum absolute atomic E-state index is 0.0780. The number of aromatic nitrogens is 1. The fourth-order valence-corrected chi connectivity index (χ4v) is 2.94. The third-order valence-corrected chi connectivity index (χ3v) is 3.98. The van der Waals surface area contributed by atoms with Gasteiger partial charge in [-0.3, -0.25) is 4.79 Å². The molecule has 1 aromatic rings. The summed E-state index contributed by atoms with van der Waals surface area (Å²) >= 11 is 1.51. The third kappa shape index (κ3) is 2.41. The van der Waals surface area contributed by atoms with E-state index >= 15 is 0 Å². The van der Waals surface area contributed by atoms with E-state index in [9.17, 15) is 4.79 Å². The van der Waals surface area contributed by atoms with Crippen molar-refractivity contribution < 1.29 is 4.79 Å². The summed E-state index contributed by atoms with van der Waals surface area (Å²) in [5.74, 6) is 0.512. The maximum absolute atomic E-state index is 12.0. The standard InChI is InChI=1S/C11H17N3OS/c1-7-6-13-11(16-7)14-10(15)9-4-2-3-8(9)5-12/h6,8-9H,2-5,12H2,1H3,(H,13,14,15)/t8-,9-/m1/s1. The first kappa shape index (κ1) is 11.5. The monoisotopic (exact) mass is 239 g/mol. The summed E-state index contributed by atoms with van der Waals surface area (Å²) in [5, 5.41) is 3.58. The normalized spacial score (nSPS) is 24.6. The summed E-state index contributed by atoms with van der Waals surface area (Å²) < 4.78 is 0. The van der Waals surface area contributed by atoms with Crippen LogP contribution in [0.1, 0.15) is 24.1 Å². The Morgan fingerprint density at radius 3 is 3.12 bits per heavy atom. The molecule has 0 unspecified atom stereocenters. The number of nitrogens with one attached hydrogen (secondary N) is 1. The fraction of sp³-hybridized carbons (Fsp3) is 0.636. The Morgan fingerprint density at radius 2 is 2.50 bits per heavy atom. The van der Waals surface area contributed by atoms with Crippen molar-refractivity contribution in [3.05, 3.63) is 11.1 Å². The van der Waals surface area contributed by atoms with Gasteiger partial charge in [0, 0.05) is 17.0 Å². The maximum atomic E-state index is 12.0. The molecule has 88 valence electrons. The van der Waals surface area contributed by atoms with Gasteiger partial charge >= 0.3 is 0 Å². The summed E-state index contributed by atoms with van der Waals surface area (Å²) in [5.41, 5.74) is 5.67. The molecule has 0 bridgehead atoms. The molecule has 4 nitrogen and oxygen atoms in total. The van der Waals surface area contributed by atoms with Crippen molar-refractivity contribution in [1.29, 1.82) is 0 Å². The largest absolute Gasteiger partial charge is 0.330 e. The molecule has 1 aromatic heterocycles. The first-order valence-electron chi connectivity index (χ1n) is 5.64. The second-order valence-corrected chi connectivity index (χ2v) is 5.53. The molecule has 1 aliphatic rings. The highest BCUT2D eigenvalue weighted by molar-refractivity contribution is 7.15. The molecule has 1 aliphatic carbocycles. The van der Waals surface area contributed by atoms with Crippen molar-refractivity contribution >= 4 is 22.4 Å². The number of anilines is 1. The van der Waals surface area contributed by atoms with E-state index in [1.165, 1.54) is 11.3 Å². The number of rotatable bonds is 3. The highest BCUT2D eigenvalue weighted by Gasteiger charge is 2.32. The van der Waals surface area contributed by atoms with Crippen LogP contribution in [0, 0.1) is 18.8 Å². The number of nitrogens with two attached hydrogens (primary N) is 1. The van der Waals surface area contributed by atoms with E-state index in [0.29, 0.717) is 17.6 Å². The lowest BCUT2D eigenvalue weighted by molar-refractivity contribution is -0.120. The van der Waals surface area contributed by atoms with Crippen molar-refractivity contribution in [3.8, 4) is 0 Å². The average molecular weight is 239 g/mol. The van der Waals surface area contributed by atoms with Crippen molar-refractivity contribution in [1.82, 2.24) is 4.98 Å². The van der Waals surface area contributed by atoms with Crippen LogP contribution in [-0.2, 0) is 4.79 Å². The first-order valence-corrected chi connectivity index (χ1v) is 6.45. The highest BCUT2D eigenvalue weighted by Crippen LogP contribution is 2.32. The number of hydrogen-bond donors (Lipinski definition) is 2. The quantitative estimate of drug-likeness (QED) is 0.844. The number of carbonyl (C=O) groups excluding carboxylic acids is 1. The predicted molar refractivity (Wildman–Crippen MR) is 65.4 cm³/mol. The molecular weight excluding hydrogens is 222 g/mol. The van der Waals surface area contributed by atoms with Crippen molar-refractivity contribution in [2.75, 3.05) is 11.9 Å². The van der Waals surface area contributed by atoms with E-state index < -0.39 is 0 Å². The topological polar surface area (TPSA) is 68.0 Å². The van der Waals surface area contributed by atoms with Crippen LogP contribution in [0.15, 0.2) is 6.20 Å². The van der Waals surface area contributed by atoms with E-state index in [1.807, 2.05) is 6.92 Å². The number of thiazole rings is 1. The molecule has 1 fully saturated rings. The van der Waals surface area contributed by atoms with Crippen molar-refractivity contribution in [2.45, 2.75) is 26.2 Å². The summed E-state index contributed by atoms with van der Waals surface area (Å²) in [7, 11) is 0. The van der Waals surface area contributed by atoms with Gasteiger partial charge in [0.25, 0.3) is 0 Å². The Bertz CT molecular complexity index is 377. The lowest BCUT2D eigenvalue weighted by Crippen LogP contribution is -2.29. The minimum Gasteiger partial charge on any atom is -0.330 e. The third-order valence-electron chi connectivity index (χ3n) is 3.15. The summed E-state index contributed by atoms with van der Waals surface area (Å²) in [6.07, 6.45) is 4.91. The number of carbonyl (C=O) groups is 1. The van der Waals surface area contributed by atoms with Gasteiger partial charge in [-0.25, -0.2) is 4.98 Å². The van der Waals surface area contributed by atoms with Crippen LogP contribution in [0.2, 0.25) is 0 Å². The number of nitrogens with zero attached hydrogens (tertiary/aromatic N) is 1. The van der Waals surface area contributed by atoms with Gasteiger partial charge in [0.15, 0.2) is 5.13 Å². The zero-order valence-corrected chi connectivity index (χ0v) is 10.2. The van der Waals surface area contributed by atoms with E-state index in [2.05, 4.69) is 10.3 Å². The Hall–Kier alpha value is -0.940. The molecule has 0 aliphatic heterocycles. The molecule has 1 saturated carbocycles. The van der Waals surface area contributed by atoms with Crippen LogP contribution >= 0.6 is 11.3 Å². The molecule has 2 atom stereocenters. The molecule has 0 spiro atoms. The SMILES string of the molecule is Cc1cnc(NC(=O)[C@@H]2CCC[C@@H]2CN)s1. The Balaban J connectivity index is 1.97. The number of amides is 1. The highest BCUT2D eigenvalue weighted by atomic mass is 32.1. The molecule has 0 radical (unpaired) electrons. The first-order chi connectivity index (χ1) is 7.70. The maximum Gasteiger partial charge on any atom is 0.229 e. The number of aryl methyl sites for hydroxylation is 1. The summed E-state index contributed by atoms with van der Waals surface area (Å²) in [6.45, 7) is 2.58. The van der Waals surface area contributed by atoms with Gasteiger partial charge in [-0.05, 0) is 32.2 Å². The molecule has 1 heterocycles. The lowest BCUT2D eigenvalue weighted by atomic mass is 9.95.